The molecule has 0 aliphatic heterocycles. The Morgan fingerprint density at radius 2 is 0.409 bits per heavy atom. The Labute approximate surface area is 532 Å². The van der Waals surface area contributed by atoms with Crippen molar-refractivity contribution in [2.45, 2.75) is 109 Å². The molecule has 0 aliphatic carbocycles. The zero-order chi connectivity index (χ0) is 65.2. The normalized spacial score (nSPS) is 12.2. The fraction of sp³-hybridized carbons (Fsp3) is 0.969. The molecule has 0 spiro atoms. The smallest absolute Gasteiger partial charge is 0.220 e. The van der Waals surface area contributed by atoms with Crippen molar-refractivity contribution in [2.24, 2.45) is 21.7 Å². The zero-order valence-electron chi connectivity index (χ0n) is 57.5. The SMILES string of the molecule is CC(C)(C)CCC(=O)NCCOCCOCCOCCOCCOCCOCCOCCOCCOCCOCC(C)(C)C.CC(C)(C)CCOCCOCCOCCOCCOCCOCCOCCOCCOCCOCCNC(=O)CC(C)(C)C. The van der Waals surface area contributed by atoms with E-state index >= 15 is 0 Å². The van der Waals surface area contributed by atoms with Crippen LogP contribution in [-0.2, 0) is 104 Å². The lowest BCUT2D eigenvalue weighted by Gasteiger charge is -2.17. The van der Waals surface area contributed by atoms with Gasteiger partial charge in [-0.05, 0) is 34.5 Å². The first-order chi connectivity index (χ1) is 42.2. The average Bonchev–Trinajstić information content (AvgIpc) is 3.57. The van der Waals surface area contributed by atoms with Gasteiger partial charge in [0.15, 0.2) is 0 Å². The highest BCUT2D eigenvalue weighted by atomic mass is 16.6. The summed E-state index contributed by atoms with van der Waals surface area (Å²) in [6.07, 6.45) is 2.97. The number of ether oxygens (including phenoxy) is 20. The van der Waals surface area contributed by atoms with Gasteiger partial charge in [-0.2, -0.15) is 0 Å². The van der Waals surface area contributed by atoms with Crippen LogP contribution in [0.15, 0.2) is 0 Å². The van der Waals surface area contributed by atoms with Crippen LogP contribution in [0.2, 0.25) is 0 Å². The van der Waals surface area contributed by atoms with Gasteiger partial charge in [-0.15, -0.1) is 0 Å². The van der Waals surface area contributed by atoms with E-state index in [1.165, 1.54) is 0 Å². The van der Waals surface area contributed by atoms with Crippen LogP contribution < -0.4 is 10.6 Å². The van der Waals surface area contributed by atoms with Crippen molar-refractivity contribution in [2.75, 3.05) is 277 Å². The van der Waals surface area contributed by atoms with Crippen LogP contribution in [0, 0.1) is 21.7 Å². The summed E-state index contributed by atoms with van der Waals surface area (Å²) >= 11 is 0. The van der Waals surface area contributed by atoms with E-state index in [9.17, 15) is 9.59 Å². The summed E-state index contributed by atoms with van der Waals surface area (Å²) < 4.78 is 110. The van der Waals surface area contributed by atoms with Crippen LogP contribution in [0.1, 0.15) is 109 Å². The molecule has 0 saturated carbocycles. The first-order valence-electron chi connectivity index (χ1n) is 32.3. The molecule has 0 radical (unpaired) electrons. The quantitative estimate of drug-likeness (QED) is 0.0637. The zero-order valence-corrected chi connectivity index (χ0v) is 57.5. The molecule has 0 bridgehead atoms. The Kier molecular flexibility index (Phi) is 65.4. The van der Waals surface area contributed by atoms with E-state index in [1.807, 2.05) is 20.8 Å². The first kappa shape index (κ1) is 88.2. The molecule has 0 rings (SSSR count). The maximum Gasteiger partial charge on any atom is 0.220 e. The molecule has 0 aromatic carbocycles. The third kappa shape index (κ3) is 86.2. The van der Waals surface area contributed by atoms with Crippen molar-refractivity contribution in [3.63, 3.8) is 0 Å². The minimum Gasteiger partial charge on any atom is -0.379 e. The van der Waals surface area contributed by atoms with E-state index < -0.39 is 0 Å². The summed E-state index contributed by atoms with van der Waals surface area (Å²) in [5.41, 5.74) is 0.645. The van der Waals surface area contributed by atoms with E-state index in [4.69, 9.17) is 94.7 Å². The predicted molar refractivity (Wildman–Crippen MR) is 339 cm³/mol. The van der Waals surface area contributed by atoms with Gasteiger partial charge in [0, 0.05) is 32.5 Å². The summed E-state index contributed by atoms with van der Waals surface area (Å²) in [6.45, 7) is 47.9. The molecule has 88 heavy (non-hydrogen) atoms. The van der Waals surface area contributed by atoms with Crippen molar-refractivity contribution < 1.29 is 104 Å². The molecule has 528 valence electrons. The van der Waals surface area contributed by atoms with E-state index in [-0.39, 0.29) is 28.1 Å². The molecule has 0 unspecified atom stereocenters. The number of amides is 2. The molecule has 0 aromatic heterocycles. The average molecular weight is 1280 g/mol. The van der Waals surface area contributed by atoms with Gasteiger partial charge in [0.2, 0.25) is 11.8 Å². The van der Waals surface area contributed by atoms with E-state index in [0.717, 1.165) is 26.1 Å². The molecule has 0 heterocycles. The van der Waals surface area contributed by atoms with Crippen LogP contribution in [0.5, 0.6) is 0 Å². The third-order valence-corrected chi connectivity index (χ3v) is 11.2. The highest BCUT2D eigenvalue weighted by Gasteiger charge is 2.16. The Morgan fingerprint density at radius 3 is 0.614 bits per heavy atom. The molecule has 0 aromatic rings. The van der Waals surface area contributed by atoms with Gasteiger partial charge in [0.25, 0.3) is 0 Å². The predicted octanol–water partition coefficient (Wildman–Crippen LogP) is 6.28. The van der Waals surface area contributed by atoms with Gasteiger partial charge in [0.05, 0.1) is 258 Å². The number of carbonyl (C=O) groups is 2. The van der Waals surface area contributed by atoms with Gasteiger partial charge in [-0.1, -0.05) is 83.1 Å². The highest BCUT2D eigenvalue weighted by molar-refractivity contribution is 5.76. The monoisotopic (exact) mass is 1280 g/mol. The minimum absolute atomic E-state index is 0.00853. The summed E-state index contributed by atoms with van der Waals surface area (Å²) in [5, 5.41) is 5.72. The molecule has 0 fully saturated rings. The Bertz CT molecular complexity index is 1430. The highest BCUT2D eigenvalue weighted by Crippen LogP contribution is 2.20. The van der Waals surface area contributed by atoms with Gasteiger partial charge in [-0.25, -0.2) is 0 Å². The number of hydrogen-bond donors (Lipinski definition) is 2. The maximum atomic E-state index is 11.7. The molecule has 24 heteroatoms. The number of carbonyl (C=O) groups excluding carboxylic acids is 2. The Morgan fingerprint density at radius 1 is 0.216 bits per heavy atom. The van der Waals surface area contributed by atoms with E-state index in [0.29, 0.717) is 282 Å². The summed E-state index contributed by atoms with van der Waals surface area (Å²) in [4.78, 5) is 23.4. The van der Waals surface area contributed by atoms with Crippen molar-refractivity contribution in [1.82, 2.24) is 10.6 Å². The van der Waals surface area contributed by atoms with E-state index in [2.05, 4.69) is 72.9 Å². The number of rotatable bonds is 66. The fourth-order valence-electron chi connectivity index (χ4n) is 6.46. The van der Waals surface area contributed by atoms with Gasteiger partial charge in [-0.3, -0.25) is 9.59 Å². The van der Waals surface area contributed by atoms with Crippen LogP contribution >= 0.6 is 0 Å². The standard InChI is InChI=1S/2C32H65NO11/c1-31(2,3)7-9-35-11-13-37-15-17-39-19-21-41-23-25-43-27-28-44-26-24-42-22-20-40-18-16-38-14-12-36-10-8-33-30(34)29-32(4,5)6;1-31(2,3)8-7-30(34)33-9-10-35-11-12-36-13-14-37-15-16-38-17-18-39-19-20-40-21-22-41-23-24-42-25-26-43-27-28-44-29-32(4,5)6/h2*7-29H2,1-6H3,(H,33,34). The minimum atomic E-state index is -0.00853. The number of nitrogens with one attached hydrogen (secondary N) is 2. The molecular formula is C64H130N2O22. The van der Waals surface area contributed by atoms with Crippen molar-refractivity contribution in [3.8, 4) is 0 Å². The molecule has 0 saturated heterocycles. The molecular weight excluding hydrogens is 1150 g/mol. The maximum absolute atomic E-state index is 11.7. The molecule has 2 amide bonds. The van der Waals surface area contributed by atoms with Gasteiger partial charge < -0.3 is 105 Å². The second-order valence-corrected chi connectivity index (χ2v) is 25.1. The van der Waals surface area contributed by atoms with E-state index in [1.54, 1.807) is 0 Å². The summed E-state index contributed by atoms with van der Waals surface area (Å²) in [6, 6.07) is 0. The largest absolute Gasteiger partial charge is 0.379 e. The van der Waals surface area contributed by atoms with Crippen molar-refractivity contribution in [1.29, 1.82) is 0 Å². The van der Waals surface area contributed by atoms with Crippen molar-refractivity contribution in [3.05, 3.63) is 0 Å². The van der Waals surface area contributed by atoms with Crippen LogP contribution in [0.3, 0.4) is 0 Å². The second kappa shape index (κ2) is 65.2. The topological polar surface area (TPSA) is 243 Å². The molecule has 24 nitrogen and oxygen atoms in total. The second-order valence-electron chi connectivity index (χ2n) is 25.1. The lowest BCUT2D eigenvalue weighted by atomic mass is 9.90. The van der Waals surface area contributed by atoms with Crippen molar-refractivity contribution >= 4 is 11.8 Å². The van der Waals surface area contributed by atoms with Crippen LogP contribution in [0.25, 0.3) is 0 Å². The fourth-order valence-corrected chi connectivity index (χ4v) is 6.46. The Hall–Kier alpha value is -1.86. The molecule has 0 atom stereocenters. The Balaban J connectivity index is 0. The summed E-state index contributed by atoms with van der Waals surface area (Å²) in [5.74, 6) is 0.121. The van der Waals surface area contributed by atoms with Gasteiger partial charge >= 0.3 is 0 Å². The third-order valence-electron chi connectivity index (χ3n) is 11.2. The summed E-state index contributed by atoms with van der Waals surface area (Å²) in [7, 11) is 0. The number of hydrogen-bond acceptors (Lipinski definition) is 22. The first-order valence-corrected chi connectivity index (χ1v) is 32.3. The van der Waals surface area contributed by atoms with Crippen LogP contribution in [0.4, 0.5) is 0 Å². The van der Waals surface area contributed by atoms with Gasteiger partial charge in [0.1, 0.15) is 0 Å². The molecule has 2 N–H and O–H groups in total. The van der Waals surface area contributed by atoms with Crippen LogP contribution in [-0.4, -0.2) is 289 Å². The molecule has 0 aliphatic rings. The lowest BCUT2D eigenvalue weighted by molar-refractivity contribution is -0.123. The lowest BCUT2D eigenvalue weighted by Crippen LogP contribution is -2.30.